The van der Waals surface area contributed by atoms with Gasteiger partial charge in [-0.05, 0) is 25.0 Å². The van der Waals surface area contributed by atoms with Crippen molar-refractivity contribution >= 4 is 27.4 Å². The maximum Gasteiger partial charge on any atom is 0.342 e. The van der Waals surface area contributed by atoms with Crippen LogP contribution >= 0.6 is 0 Å². The number of sulfonamides is 1. The van der Waals surface area contributed by atoms with Crippen molar-refractivity contribution < 1.29 is 23.2 Å². The van der Waals surface area contributed by atoms with Crippen LogP contribution in [0.2, 0.25) is 0 Å². The van der Waals surface area contributed by atoms with Gasteiger partial charge in [0.25, 0.3) is 5.69 Å². The number of benzene rings is 1. The molecule has 0 aliphatic carbocycles. The second kappa shape index (κ2) is 6.50. The van der Waals surface area contributed by atoms with Crippen LogP contribution in [-0.4, -0.2) is 49.8 Å². The van der Waals surface area contributed by atoms with E-state index >= 15 is 0 Å². The molecule has 0 spiro atoms. The van der Waals surface area contributed by atoms with Gasteiger partial charge in [-0.1, -0.05) is 0 Å². The zero-order valence-corrected chi connectivity index (χ0v) is 13.2. The Balaban J connectivity index is 2.14. The van der Waals surface area contributed by atoms with Crippen molar-refractivity contribution in [2.24, 2.45) is 0 Å². The second-order valence-electron chi connectivity index (χ2n) is 5.42. The van der Waals surface area contributed by atoms with Crippen molar-refractivity contribution in [3.8, 4) is 0 Å². The number of nitrogens with zero attached hydrogens (tertiary/aromatic N) is 2. The molecule has 1 aromatic carbocycles. The fourth-order valence-corrected chi connectivity index (χ4v) is 3.45. The zero-order valence-electron chi connectivity index (χ0n) is 12.4. The molecule has 0 unspecified atom stereocenters. The Kier molecular flexibility index (Phi) is 4.85. The Hall–Kier alpha value is -2.20. The Morgan fingerprint density at radius 2 is 2.00 bits per heavy atom. The second-order valence-corrected chi connectivity index (χ2v) is 7.20. The highest BCUT2D eigenvalue weighted by molar-refractivity contribution is 7.88. The molecule has 9 nitrogen and oxygen atoms in total. The lowest BCUT2D eigenvalue weighted by Crippen LogP contribution is -2.44. The van der Waals surface area contributed by atoms with Crippen molar-refractivity contribution in [1.82, 2.24) is 4.72 Å². The predicted octanol–water partition coefficient (Wildman–Crippen LogP) is 0.811. The lowest BCUT2D eigenvalue weighted by atomic mass is 10.0. The fraction of sp³-hybridized carbons (Fsp3) is 0.462. The van der Waals surface area contributed by atoms with Gasteiger partial charge in [-0.3, -0.25) is 10.1 Å². The average molecular weight is 343 g/mol. The first kappa shape index (κ1) is 17.2. The summed E-state index contributed by atoms with van der Waals surface area (Å²) in [5, 5.41) is 20.0. The van der Waals surface area contributed by atoms with Gasteiger partial charge >= 0.3 is 5.97 Å². The molecule has 0 radical (unpaired) electrons. The molecule has 0 atom stereocenters. The van der Waals surface area contributed by atoms with Gasteiger partial charge in [-0.2, -0.15) is 0 Å². The number of nitrogens with one attached hydrogen (secondary N) is 1. The topological polar surface area (TPSA) is 130 Å². The molecule has 0 saturated carbocycles. The molecule has 1 aliphatic rings. The van der Waals surface area contributed by atoms with Crippen LogP contribution < -0.4 is 9.62 Å². The molecule has 0 aromatic heterocycles. The highest BCUT2D eigenvalue weighted by atomic mass is 32.2. The highest BCUT2D eigenvalue weighted by Gasteiger charge is 2.25. The van der Waals surface area contributed by atoms with E-state index in [0.717, 1.165) is 6.26 Å². The quantitative estimate of drug-likeness (QED) is 0.597. The van der Waals surface area contributed by atoms with Gasteiger partial charge in [0.15, 0.2) is 0 Å². The smallest absolute Gasteiger partial charge is 0.342 e. The van der Waals surface area contributed by atoms with E-state index in [1.54, 1.807) is 0 Å². The number of hydrogen-bond donors (Lipinski definition) is 2. The number of nitro groups is 1. The minimum Gasteiger partial charge on any atom is -0.477 e. The van der Waals surface area contributed by atoms with E-state index in [1.807, 2.05) is 4.90 Å². The summed E-state index contributed by atoms with van der Waals surface area (Å²) in [5.41, 5.74) is -0.232. The average Bonchev–Trinajstić information content (AvgIpc) is 2.45. The summed E-state index contributed by atoms with van der Waals surface area (Å²) in [6.07, 6.45) is 2.26. The fourth-order valence-electron chi connectivity index (χ4n) is 2.61. The monoisotopic (exact) mass is 343 g/mol. The minimum atomic E-state index is -3.26. The van der Waals surface area contributed by atoms with E-state index in [2.05, 4.69) is 4.72 Å². The molecular weight excluding hydrogens is 326 g/mol. The molecule has 1 heterocycles. The first-order valence-corrected chi connectivity index (χ1v) is 8.80. The Morgan fingerprint density at radius 1 is 1.39 bits per heavy atom. The van der Waals surface area contributed by atoms with Gasteiger partial charge in [0.2, 0.25) is 10.0 Å². The molecule has 2 rings (SSSR count). The van der Waals surface area contributed by atoms with Gasteiger partial charge < -0.3 is 10.0 Å². The minimum absolute atomic E-state index is 0.154. The Labute approximate surface area is 133 Å². The van der Waals surface area contributed by atoms with Crippen LogP contribution in [0.1, 0.15) is 23.2 Å². The van der Waals surface area contributed by atoms with Crippen LogP contribution in [-0.2, 0) is 10.0 Å². The van der Waals surface area contributed by atoms with Gasteiger partial charge in [0.1, 0.15) is 5.56 Å². The Morgan fingerprint density at radius 3 is 2.48 bits per heavy atom. The lowest BCUT2D eigenvalue weighted by Gasteiger charge is -2.33. The predicted molar refractivity (Wildman–Crippen MR) is 83.3 cm³/mol. The Bertz CT molecular complexity index is 725. The summed E-state index contributed by atoms with van der Waals surface area (Å²) in [4.78, 5) is 23.2. The summed E-state index contributed by atoms with van der Waals surface area (Å²) in [6, 6.07) is 3.82. The third kappa shape index (κ3) is 4.39. The SMILES string of the molecule is CS(=O)(=O)NC1CCN(c2ccc([N+](=O)[O-])c(C(=O)O)c2)CC1. The molecule has 1 saturated heterocycles. The van der Waals surface area contributed by atoms with Crippen LogP contribution in [0.5, 0.6) is 0 Å². The summed E-state index contributed by atoms with van der Waals surface area (Å²) in [5.74, 6) is -1.35. The zero-order chi connectivity index (χ0) is 17.2. The maximum absolute atomic E-state index is 11.2. The van der Waals surface area contributed by atoms with E-state index in [4.69, 9.17) is 5.11 Å². The van der Waals surface area contributed by atoms with Crippen molar-refractivity contribution in [2.45, 2.75) is 18.9 Å². The number of piperidine rings is 1. The molecule has 0 amide bonds. The normalized spacial score (nSPS) is 16.3. The van der Waals surface area contributed by atoms with Crippen LogP contribution in [0.3, 0.4) is 0 Å². The van der Waals surface area contributed by atoms with Crippen LogP contribution in [0.4, 0.5) is 11.4 Å². The summed E-state index contributed by atoms with van der Waals surface area (Å²) in [6.45, 7) is 1.06. The number of aromatic carboxylic acids is 1. The van der Waals surface area contributed by atoms with E-state index in [0.29, 0.717) is 31.6 Å². The molecule has 1 aromatic rings. The number of carboxylic acid groups (broad SMARTS) is 1. The summed E-state index contributed by atoms with van der Waals surface area (Å²) < 4.78 is 25.0. The van der Waals surface area contributed by atoms with E-state index < -0.39 is 26.6 Å². The first-order chi connectivity index (χ1) is 10.7. The van der Waals surface area contributed by atoms with Gasteiger partial charge in [-0.25, -0.2) is 17.9 Å². The third-order valence-corrected chi connectivity index (χ3v) is 4.41. The molecule has 0 bridgehead atoms. The molecule has 10 heteroatoms. The van der Waals surface area contributed by atoms with E-state index in [9.17, 15) is 23.3 Å². The van der Waals surface area contributed by atoms with Crippen LogP contribution in [0.15, 0.2) is 18.2 Å². The van der Waals surface area contributed by atoms with Crippen molar-refractivity contribution in [2.75, 3.05) is 24.2 Å². The molecule has 1 aliphatic heterocycles. The van der Waals surface area contributed by atoms with Gasteiger partial charge in [-0.15, -0.1) is 0 Å². The molecule has 23 heavy (non-hydrogen) atoms. The van der Waals surface area contributed by atoms with Gasteiger partial charge in [0.05, 0.1) is 11.2 Å². The van der Waals surface area contributed by atoms with Gasteiger partial charge in [0, 0.05) is 30.9 Å². The van der Waals surface area contributed by atoms with Crippen molar-refractivity contribution in [1.29, 1.82) is 0 Å². The highest BCUT2D eigenvalue weighted by Crippen LogP contribution is 2.27. The van der Waals surface area contributed by atoms with Crippen molar-refractivity contribution in [3.63, 3.8) is 0 Å². The maximum atomic E-state index is 11.2. The van der Waals surface area contributed by atoms with E-state index in [1.165, 1.54) is 18.2 Å². The number of carbonyl (C=O) groups is 1. The molecule has 2 N–H and O–H groups in total. The van der Waals surface area contributed by atoms with E-state index in [-0.39, 0.29) is 11.6 Å². The number of nitro benzene ring substituents is 1. The summed E-state index contributed by atoms with van der Waals surface area (Å²) >= 11 is 0. The standard InChI is InChI=1S/C13H17N3O6S/c1-23(21,22)14-9-4-6-15(7-5-9)10-2-3-12(16(19)20)11(8-10)13(17)18/h2-3,8-9,14H,4-7H2,1H3,(H,17,18). The third-order valence-electron chi connectivity index (χ3n) is 3.65. The van der Waals surface area contributed by atoms with Crippen LogP contribution in [0, 0.1) is 10.1 Å². The largest absolute Gasteiger partial charge is 0.477 e. The molecule has 126 valence electrons. The first-order valence-electron chi connectivity index (χ1n) is 6.91. The molecular formula is C13H17N3O6S. The lowest BCUT2D eigenvalue weighted by molar-refractivity contribution is -0.385. The number of rotatable bonds is 5. The molecule has 1 fully saturated rings. The van der Waals surface area contributed by atoms with Crippen molar-refractivity contribution in [3.05, 3.63) is 33.9 Å². The number of hydrogen-bond acceptors (Lipinski definition) is 6. The van der Waals surface area contributed by atoms with Crippen LogP contribution in [0.25, 0.3) is 0 Å². The number of carboxylic acids is 1. The number of anilines is 1. The summed E-state index contributed by atoms with van der Waals surface area (Å²) in [7, 11) is -3.26.